The largest absolute Gasteiger partial charge is 0.347 e. The van der Waals surface area contributed by atoms with Crippen LogP contribution in [0, 0.1) is 11.5 Å². The molecule has 0 radical (unpaired) electrons. The van der Waals surface area contributed by atoms with E-state index >= 15 is 0 Å². The van der Waals surface area contributed by atoms with Gasteiger partial charge in [-0.15, -0.1) is 0 Å². The maximum atomic E-state index is 12.5. The van der Waals surface area contributed by atoms with Crippen LogP contribution in [0.25, 0.3) is 0 Å². The van der Waals surface area contributed by atoms with Gasteiger partial charge in [0.15, 0.2) is 6.19 Å². The molecule has 0 unspecified atom stereocenters. The number of nitrogens with one attached hydrogen (secondary N) is 3. The smallest absolute Gasteiger partial charge is 0.251 e. The van der Waals surface area contributed by atoms with Crippen molar-refractivity contribution in [3.8, 4) is 6.19 Å². The molecule has 0 saturated carbocycles. The monoisotopic (exact) mass is 363 g/mol. The number of carbonyl (C=O) groups is 1. The number of likely N-dealkylation sites (tertiary alicyclic amines) is 1. The van der Waals surface area contributed by atoms with E-state index in [4.69, 9.17) is 5.26 Å². The summed E-state index contributed by atoms with van der Waals surface area (Å²) in [6.45, 7) is 2.50. The van der Waals surface area contributed by atoms with Gasteiger partial charge in [-0.1, -0.05) is 6.07 Å². The number of rotatable bonds is 5. The molecule has 1 aromatic carbocycles. The van der Waals surface area contributed by atoms with Gasteiger partial charge in [-0.2, -0.15) is 5.26 Å². The second kappa shape index (κ2) is 7.39. The second-order valence-electron chi connectivity index (χ2n) is 6.34. The van der Waals surface area contributed by atoms with E-state index in [1.165, 1.54) is 12.1 Å². The molecule has 1 amide bonds. The van der Waals surface area contributed by atoms with E-state index in [1.54, 1.807) is 17.0 Å². The second-order valence-corrected chi connectivity index (χ2v) is 8.06. The van der Waals surface area contributed by atoms with E-state index in [1.807, 2.05) is 0 Å². The van der Waals surface area contributed by atoms with Crippen molar-refractivity contribution in [1.29, 1.82) is 5.26 Å². The molecular formula is C16H21N5O3S. The van der Waals surface area contributed by atoms with Gasteiger partial charge in [0.25, 0.3) is 5.91 Å². The zero-order valence-electron chi connectivity index (χ0n) is 13.7. The van der Waals surface area contributed by atoms with Crippen LogP contribution in [-0.4, -0.2) is 57.5 Å². The molecule has 9 heteroatoms. The first-order valence-corrected chi connectivity index (χ1v) is 9.75. The molecule has 2 aliphatic heterocycles. The zero-order chi connectivity index (χ0) is 17.9. The fourth-order valence-electron chi connectivity index (χ4n) is 3.08. The Morgan fingerprint density at radius 3 is 2.84 bits per heavy atom. The van der Waals surface area contributed by atoms with Crippen molar-refractivity contribution in [1.82, 2.24) is 20.3 Å². The summed E-state index contributed by atoms with van der Waals surface area (Å²) in [6.07, 6.45) is 3.51. The van der Waals surface area contributed by atoms with Gasteiger partial charge in [0.1, 0.15) is 0 Å². The first-order chi connectivity index (χ1) is 12.0. The molecule has 0 bridgehead atoms. The lowest BCUT2D eigenvalue weighted by Crippen LogP contribution is -2.37. The molecule has 8 nitrogen and oxygen atoms in total. The molecule has 0 aromatic heterocycles. The minimum atomic E-state index is -3.66. The number of hydrogen-bond donors (Lipinski definition) is 3. The van der Waals surface area contributed by atoms with Crippen molar-refractivity contribution in [2.24, 2.45) is 0 Å². The van der Waals surface area contributed by atoms with E-state index in [2.05, 4.69) is 21.5 Å². The lowest BCUT2D eigenvalue weighted by atomic mass is 10.2. The molecular weight excluding hydrogens is 342 g/mol. The molecule has 1 aromatic rings. The van der Waals surface area contributed by atoms with Gasteiger partial charge < -0.3 is 15.5 Å². The molecule has 2 saturated heterocycles. The predicted molar refractivity (Wildman–Crippen MR) is 91.1 cm³/mol. The minimum Gasteiger partial charge on any atom is -0.347 e. The molecule has 2 atom stereocenters. The molecule has 2 aliphatic rings. The van der Waals surface area contributed by atoms with Crippen molar-refractivity contribution in [2.45, 2.75) is 29.8 Å². The van der Waals surface area contributed by atoms with Crippen LogP contribution in [0.5, 0.6) is 0 Å². The van der Waals surface area contributed by atoms with E-state index in [-0.39, 0.29) is 22.9 Å². The number of carbonyl (C=O) groups excluding carboxylic acids is 1. The Balaban J connectivity index is 1.68. The number of nitrogens with zero attached hydrogens (tertiary/aromatic N) is 2. The number of amides is 1. The highest BCUT2D eigenvalue weighted by atomic mass is 32.2. The quantitative estimate of drug-likeness (QED) is 0.614. The first-order valence-electron chi connectivity index (χ1n) is 8.26. The molecule has 2 heterocycles. The SMILES string of the molecule is N#CN1CC[C@@H](NC(=O)c2cccc(S(=O)(=O)N[C@@H]3CCNC3)c2)C1. The van der Waals surface area contributed by atoms with E-state index in [0.29, 0.717) is 31.6 Å². The van der Waals surface area contributed by atoms with Crippen LogP contribution in [0.2, 0.25) is 0 Å². The number of hydrogen-bond acceptors (Lipinski definition) is 6. The molecule has 0 spiro atoms. The van der Waals surface area contributed by atoms with Crippen LogP contribution in [-0.2, 0) is 10.0 Å². The molecule has 0 aliphatic carbocycles. The van der Waals surface area contributed by atoms with Crippen molar-refractivity contribution in [2.75, 3.05) is 26.2 Å². The van der Waals surface area contributed by atoms with Crippen molar-refractivity contribution < 1.29 is 13.2 Å². The summed E-state index contributed by atoms with van der Waals surface area (Å²) in [6, 6.07) is 5.79. The normalized spacial score (nSPS) is 23.4. The summed E-state index contributed by atoms with van der Waals surface area (Å²) in [5, 5.41) is 14.8. The number of sulfonamides is 1. The van der Waals surface area contributed by atoms with Crippen molar-refractivity contribution in [3.63, 3.8) is 0 Å². The Kier molecular flexibility index (Phi) is 5.22. The third kappa shape index (κ3) is 4.28. The Morgan fingerprint density at radius 1 is 1.32 bits per heavy atom. The molecule has 3 N–H and O–H groups in total. The predicted octanol–water partition coefficient (Wildman–Crippen LogP) is -0.388. The lowest BCUT2D eigenvalue weighted by molar-refractivity contribution is 0.0938. The summed E-state index contributed by atoms with van der Waals surface area (Å²) in [5.74, 6) is -0.329. The summed E-state index contributed by atoms with van der Waals surface area (Å²) in [5.41, 5.74) is 0.294. The van der Waals surface area contributed by atoms with E-state index in [0.717, 1.165) is 13.0 Å². The highest BCUT2D eigenvalue weighted by Crippen LogP contribution is 2.14. The third-order valence-electron chi connectivity index (χ3n) is 4.45. The van der Waals surface area contributed by atoms with Gasteiger partial charge in [0.2, 0.25) is 10.0 Å². The average Bonchev–Trinajstić information content (AvgIpc) is 3.26. The van der Waals surface area contributed by atoms with Gasteiger partial charge >= 0.3 is 0 Å². The molecule has 3 rings (SSSR count). The fraction of sp³-hybridized carbons (Fsp3) is 0.500. The lowest BCUT2D eigenvalue weighted by Gasteiger charge is -2.14. The topological polar surface area (TPSA) is 114 Å². The average molecular weight is 363 g/mol. The maximum Gasteiger partial charge on any atom is 0.251 e. The summed E-state index contributed by atoms with van der Waals surface area (Å²) >= 11 is 0. The van der Waals surface area contributed by atoms with Crippen LogP contribution in [0.1, 0.15) is 23.2 Å². The van der Waals surface area contributed by atoms with Gasteiger partial charge in [-0.05, 0) is 37.6 Å². The zero-order valence-corrected chi connectivity index (χ0v) is 14.6. The van der Waals surface area contributed by atoms with E-state index < -0.39 is 10.0 Å². The fourth-order valence-corrected chi connectivity index (χ4v) is 4.40. The van der Waals surface area contributed by atoms with Crippen LogP contribution < -0.4 is 15.4 Å². The van der Waals surface area contributed by atoms with Gasteiger partial charge in [-0.25, -0.2) is 13.1 Å². The Morgan fingerprint density at radius 2 is 2.16 bits per heavy atom. The highest BCUT2D eigenvalue weighted by molar-refractivity contribution is 7.89. The summed E-state index contributed by atoms with van der Waals surface area (Å²) in [4.78, 5) is 14.1. The standard InChI is InChI=1S/C16H21N5O3S/c17-11-21-7-5-14(10-21)19-16(22)12-2-1-3-15(8-12)25(23,24)20-13-4-6-18-9-13/h1-3,8,13-14,18,20H,4-7,9-10H2,(H,19,22)/t13-,14-/m1/s1. The van der Waals surface area contributed by atoms with Gasteiger partial charge in [0, 0.05) is 37.3 Å². The van der Waals surface area contributed by atoms with Crippen LogP contribution >= 0.6 is 0 Å². The summed E-state index contributed by atoms with van der Waals surface area (Å²) in [7, 11) is -3.66. The minimum absolute atomic E-state index is 0.0807. The molecule has 134 valence electrons. The van der Waals surface area contributed by atoms with Gasteiger partial charge in [0.05, 0.1) is 4.90 Å². The van der Waals surface area contributed by atoms with E-state index in [9.17, 15) is 13.2 Å². The van der Waals surface area contributed by atoms with Crippen LogP contribution in [0.15, 0.2) is 29.2 Å². The van der Waals surface area contributed by atoms with Crippen molar-refractivity contribution >= 4 is 15.9 Å². The maximum absolute atomic E-state index is 12.5. The number of benzene rings is 1. The van der Waals surface area contributed by atoms with Crippen LogP contribution in [0.4, 0.5) is 0 Å². The Bertz CT molecular complexity index is 783. The Labute approximate surface area is 147 Å². The number of nitriles is 1. The highest BCUT2D eigenvalue weighted by Gasteiger charge is 2.25. The van der Waals surface area contributed by atoms with Crippen LogP contribution in [0.3, 0.4) is 0 Å². The summed E-state index contributed by atoms with van der Waals surface area (Å²) < 4.78 is 27.6. The van der Waals surface area contributed by atoms with Gasteiger partial charge in [-0.3, -0.25) is 4.79 Å². The third-order valence-corrected chi connectivity index (χ3v) is 5.97. The van der Waals surface area contributed by atoms with Crippen molar-refractivity contribution in [3.05, 3.63) is 29.8 Å². The molecule has 25 heavy (non-hydrogen) atoms. The Hall–Kier alpha value is -2.15. The molecule has 2 fully saturated rings. The first kappa shape index (κ1) is 17.7.